The molecule has 0 radical (unpaired) electrons. The third-order valence-electron chi connectivity index (χ3n) is 1.29. The van der Waals surface area contributed by atoms with Crippen LogP contribution in [0, 0.1) is 0 Å². The molecule has 0 unspecified atom stereocenters. The van der Waals surface area contributed by atoms with Crippen molar-refractivity contribution in [2.75, 3.05) is 0 Å². The van der Waals surface area contributed by atoms with Crippen molar-refractivity contribution in [3.8, 4) is 5.75 Å². The molecule has 0 amide bonds. The van der Waals surface area contributed by atoms with E-state index in [4.69, 9.17) is 32.9 Å². The van der Waals surface area contributed by atoms with Crippen molar-refractivity contribution in [2.45, 2.75) is 4.90 Å². The van der Waals surface area contributed by atoms with Crippen LogP contribution in [0.5, 0.6) is 5.75 Å². The lowest BCUT2D eigenvalue weighted by Crippen LogP contribution is -1.99. The zero-order valence-corrected chi connectivity index (χ0v) is 8.36. The third-order valence-corrected chi connectivity index (χ3v) is 2.95. The monoisotopic (exact) mass is 242 g/mol. The minimum Gasteiger partial charge on any atom is -0.505 e. The number of hydrogen-bond donors (Lipinski definition) is 2. The van der Waals surface area contributed by atoms with Gasteiger partial charge in [0.2, 0.25) is 0 Å². The van der Waals surface area contributed by atoms with Crippen LogP contribution in [-0.4, -0.2) is 18.1 Å². The smallest absolute Gasteiger partial charge is 0.299 e. The Morgan fingerprint density at radius 3 is 2.00 bits per heavy atom. The van der Waals surface area contributed by atoms with Gasteiger partial charge < -0.3 is 5.11 Å². The van der Waals surface area contributed by atoms with Crippen LogP contribution < -0.4 is 0 Å². The highest BCUT2D eigenvalue weighted by atomic mass is 35.5. The minimum atomic E-state index is -4.55. The van der Waals surface area contributed by atoms with Gasteiger partial charge in [0.1, 0.15) is 0 Å². The van der Waals surface area contributed by atoms with Crippen LogP contribution in [0.15, 0.2) is 17.0 Å². The van der Waals surface area contributed by atoms with Gasteiger partial charge in [-0.15, -0.1) is 0 Å². The maximum Gasteiger partial charge on any atom is 0.299 e. The van der Waals surface area contributed by atoms with E-state index in [0.717, 1.165) is 6.07 Å². The van der Waals surface area contributed by atoms with Crippen molar-refractivity contribution < 1.29 is 18.1 Å². The van der Waals surface area contributed by atoms with Crippen LogP contribution in [0.2, 0.25) is 10.0 Å². The topological polar surface area (TPSA) is 74.6 Å². The zero-order chi connectivity index (χ0) is 10.2. The van der Waals surface area contributed by atoms with Crippen LogP contribution in [0.1, 0.15) is 0 Å². The molecule has 0 bridgehead atoms. The third kappa shape index (κ3) is 2.05. The first-order chi connectivity index (χ1) is 5.84. The molecule has 0 aliphatic rings. The number of hydrogen-bond acceptors (Lipinski definition) is 3. The Bertz CT molecular complexity index is 440. The Hall–Kier alpha value is -0.490. The van der Waals surface area contributed by atoms with E-state index < -0.39 is 20.8 Å². The van der Waals surface area contributed by atoms with Gasteiger partial charge in [-0.3, -0.25) is 4.55 Å². The fraction of sp³-hybridized carbons (Fsp3) is 0. The molecule has 0 fully saturated rings. The first-order valence-electron chi connectivity index (χ1n) is 2.98. The van der Waals surface area contributed by atoms with E-state index >= 15 is 0 Å². The van der Waals surface area contributed by atoms with Gasteiger partial charge in [0.25, 0.3) is 10.1 Å². The summed E-state index contributed by atoms with van der Waals surface area (Å²) in [6.45, 7) is 0. The van der Waals surface area contributed by atoms with Gasteiger partial charge in [0.15, 0.2) is 10.6 Å². The molecule has 0 saturated heterocycles. The SMILES string of the molecule is O=S(=O)(O)c1c(Cl)ccc(Cl)c1O. The number of phenolic OH excluding ortho intramolecular Hbond substituents is 1. The highest BCUT2D eigenvalue weighted by Gasteiger charge is 2.21. The van der Waals surface area contributed by atoms with Gasteiger partial charge in [-0.25, -0.2) is 0 Å². The van der Waals surface area contributed by atoms with Crippen molar-refractivity contribution in [3.63, 3.8) is 0 Å². The van der Waals surface area contributed by atoms with Crippen LogP contribution in [0.3, 0.4) is 0 Å². The van der Waals surface area contributed by atoms with E-state index in [9.17, 15) is 8.42 Å². The maximum atomic E-state index is 10.7. The molecule has 4 nitrogen and oxygen atoms in total. The van der Waals surface area contributed by atoms with Gasteiger partial charge in [-0.05, 0) is 12.1 Å². The summed E-state index contributed by atoms with van der Waals surface area (Å²) in [7, 11) is -4.55. The molecule has 1 aromatic rings. The summed E-state index contributed by atoms with van der Waals surface area (Å²) < 4.78 is 30.0. The first kappa shape index (κ1) is 10.6. The summed E-state index contributed by atoms with van der Waals surface area (Å²) in [6.07, 6.45) is 0. The Morgan fingerprint density at radius 1 is 1.15 bits per heavy atom. The van der Waals surface area contributed by atoms with Crippen LogP contribution in [-0.2, 0) is 10.1 Å². The lowest BCUT2D eigenvalue weighted by atomic mass is 10.3. The predicted molar refractivity (Wildman–Crippen MR) is 47.9 cm³/mol. The molecule has 0 aromatic heterocycles. The van der Waals surface area contributed by atoms with E-state index in [0.29, 0.717) is 0 Å². The minimum absolute atomic E-state index is 0.197. The summed E-state index contributed by atoms with van der Waals surface area (Å²) in [4.78, 5) is -0.776. The van der Waals surface area contributed by atoms with Gasteiger partial charge in [0.05, 0.1) is 10.0 Å². The molecule has 13 heavy (non-hydrogen) atoms. The maximum absolute atomic E-state index is 10.7. The molecule has 1 rings (SSSR count). The Kier molecular flexibility index (Phi) is 2.72. The zero-order valence-electron chi connectivity index (χ0n) is 6.03. The summed E-state index contributed by atoms with van der Waals surface area (Å²) in [5.74, 6) is -0.753. The molecule has 0 atom stereocenters. The summed E-state index contributed by atoms with van der Waals surface area (Å²) in [6, 6.07) is 2.38. The Balaban J connectivity index is 3.62. The van der Waals surface area contributed by atoms with Crippen molar-refractivity contribution in [2.24, 2.45) is 0 Å². The molecule has 0 aliphatic carbocycles. The van der Waals surface area contributed by atoms with Crippen LogP contribution >= 0.6 is 23.2 Å². The molecule has 7 heteroatoms. The number of halogens is 2. The molecule has 1 aromatic carbocycles. The lowest BCUT2D eigenvalue weighted by molar-refractivity contribution is 0.443. The second-order valence-corrected chi connectivity index (χ2v) is 4.35. The molecule has 72 valence electrons. The highest BCUT2D eigenvalue weighted by Crippen LogP contribution is 2.35. The molecule has 2 N–H and O–H groups in total. The molecular formula is C6H4Cl2O4S. The van der Waals surface area contributed by atoms with E-state index in [2.05, 4.69) is 0 Å². The normalized spacial score (nSPS) is 11.6. The number of rotatable bonds is 1. The quantitative estimate of drug-likeness (QED) is 0.739. The predicted octanol–water partition coefficient (Wildman–Crippen LogP) is 1.95. The van der Waals surface area contributed by atoms with Gasteiger partial charge >= 0.3 is 0 Å². The summed E-state index contributed by atoms with van der Waals surface area (Å²) in [5.41, 5.74) is 0. The highest BCUT2D eigenvalue weighted by molar-refractivity contribution is 7.86. The average Bonchev–Trinajstić information content (AvgIpc) is 1.95. The van der Waals surface area contributed by atoms with Crippen molar-refractivity contribution in [1.29, 1.82) is 0 Å². The summed E-state index contributed by atoms with van der Waals surface area (Å²) in [5, 5.41) is 8.67. The van der Waals surface area contributed by atoms with Crippen molar-refractivity contribution in [1.82, 2.24) is 0 Å². The Labute approximate surface area is 84.5 Å². The fourth-order valence-electron chi connectivity index (χ4n) is 0.768. The molecule has 0 aliphatic heterocycles. The lowest BCUT2D eigenvalue weighted by Gasteiger charge is -2.04. The number of phenols is 1. The molecule has 0 heterocycles. The van der Waals surface area contributed by atoms with E-state index in [-0.39, 0.29) is 10.0 Å². The summed E-state index contributed by atoms with van der Waals surface area (Å²) >= 11 is 10.8. The first-order valence-corrected chi connectivity index (χ1v) is 5.18. The van der Waals surface area contributed by atoms with Crippen LogP contribution in [0.25, 0.3) is 0 Å². The number of aromatic hydroxyl groups is 1. The van der Waals surface area contributed by atoms with Gasteiger partial charge in [-0.1, -0.05) is 23.2 Å². The molecule has 0 spiro atoms. The fourth-order valence-corrected chi connectivity index (χ4v) is 2.10. The second kappa shape index (κ2) is 3.34. The van der Waals surface area contributed by atoms with Crippen molar-refractivity contribution in [3.05, 3.63) is 22.2 Å². The van der Waals surface area contributed by atoms with Crippen LogP contribution in [0.4, 0.5) is 0 Å². The molecule has 0 saturated carbocycles. The van der Waals surface area contributed by atoms with Gasteiger partial charge in [0, 0.05) is 0 Å². The largest absolute Gasteiger partial charge is 0.505 e. The van der Waals surface area contributed by atoms with E-state index in [1.165, 1.54) is 6.07 Å². The second-order valence-electron chi connectivity index (χ2n) is 2.18. The standard InChI is InChI=1S/C6H4Cl2O4S/c7-3-1-2-4(8)6(5(3)9)13(10,11)12/h1-2,9H,(H,10,11,12). The molecular weight excluding hydrogens is 239 g/mol. The van der Waals surface area contributed by atoms with Crippen molar-refractivity contribution >= 4 is 33.3 Å². The Morgan fingerprint density at radius 2 is 1.62 bits per heavy atom. The van der Waals surface area contributed by atoms with Gasteiger partial charge in [-0.2, -0.15) is 8.42 Å². The van der Waals surface area contributed by atoms with E-state index in [1.807, 2.05) is 0 Å². The average molecular weight is 243 g/mol. The number of benzene rings is 1. The van der Waals surface area contributed by atoms with E-state index in [1.54, 1.807) is 0 Å².